The van der Waals surface area contributed by atoms with Crippen molar-refractivity contribution in [2.75, 3.05) is 13.1 Å². The Hall–Kier alpha value is -2.25. The van der Waals surface area contributed by atoms with Gasteiger partial charge in [0.05, 0.1) is 5.75 Å². The summed E-state index contributed by atoms with van der Waals surface area (Å²) in [4.78, 5) is 12.3. The summed E-state index contributed by atoms with van der Waals surface area (Å²) in [6.07, 6.45) is 0. The SMILES string of the molecule is O=C1NCCN(S(=O)(=O)Cc2ccccc2)C1c1ccccc1F. The molecule has 1 unspecified atom stereocenters. The molecule has 2 aromatic rings. The van der Waals surface area contributed by atoms with Crippen LogP contribution >= 0.6 is 0 Å². The van der Waals surface area contributed by atoms with Gasteiger partial charge in [-0.05, 0) is 11.6 Å². The lowest BCUT2D eigenvalue weighted by atomic mass is 10.0. The molecule has 5 nitrogen and oxygen atoms in total. The topological polar surface area (TPSA) is 66.5 Å². The number of halogens is 1. The summed E-state index contributed by atoms with van der Waals surface area (Å²) in [5.41, 5.74) is 0.683. The van der Waals surface area contributed by atoms with Gasteiger partial charge in [0.2, 0.25) is 15.9 Å². The molecule has 1 fully saturated rings. The largest absolute Gasteiger partial charge is 0.353 e. The van der Waals surface area contributed by atoms with E-state index in [-0.39, 0.29) is 24.4 Å². The lowest BCUT2D eigenvalue weighted by molar-refractivity contribution is -0.127. The van der Waals surface area contributed by atoms with E-state index in [0.29, 0.717) is 5.56 Å². The van der Waals surface area contributed by atoms with E-state index < -0.39 is 27.8 Å². The molecule has 0 aromatic heterocycles. The summed E-state index contributed by atoms with van der Waals surface area (Å²) in [6, 6.07) is 13.3. The molecule has 0 aliphatic carbocycles. The van der Waals surface area contributed by atoms with Gasteiger partial charge in [0.15, 0.2) is 0 Å². The predicted octanol–water partition coefficient (Wildman–Crippen LogP) is 1.83. The molecule has 0 radical (unpaired) electrons. The average Bonchev–Trinajstić information content (AvgIpc) is 2.56. The summed E-state index contributed by atoms with van der Waals surface area (Å²) in [7, 11) is -3.78. The number of amides is 1. The highest BCUT2D eigenvalue weighted by Crippen LogP contribution is 2.29. The molecule has 1 atom stereocenters. The number of carbonyl (C=O) groups is 1. The Labute approximate surface area is 140 Å². The van der Waals surface area contributed by atoms with Crippen molar-refractivity contribution in [1.82, 2.24) is 9.62 Å². The van der Waals surface area contributed by atoms with Gasteiger partial charge >= 0.3 is 0 Å². The molecular formula is C17H17FN2O3S. The first-order valence-electron chi connectivity index (χ1n) is 7.54. The number of piperazine rings is 1. The Balaban J connectivity index is 1.97. The van der Waals surface area contributed by atoms with Gasteiger partial charge in [0.1, 0.15) is 11.9 Å². The smallest absolute Gasteiger partial charge is 0.243 e. The van der Waals surface area contributed by atoms with E-state index in [1.807, 2.05) is 0 Å². The van der Waals surface area contributed by atoms with Gasteiger partial charge in [0.25, 0.3) is 0 Å². The number of sulfonamides is 1. The summed E-state index contributed by atoms with van der Waals surface area (Å²) < 4.78 is 40.9. The van der Waals surface area contributed by atoms with Crippen LogP contribution in [-0.4, -0.2) is 31.7 Å². The second-order valence-corrected chi connectivity index (χ2v) is 7.49. The normalized spacial score (nSPS) is 19.0. The van der Waals surface area contributed by atoms with E-state index in [1.165, 1.54) is 18.2 Å². The van der Waals surface area contributed by atoms with Crippen LogP contribution in [0.5, 0.6) is 0 Å². The van der Waals surface area contributed by atoms with Gasteiger partial charge in [-0.15, -0.1) is 0 Å². The number of nitrogens with zero attached hydrogens (tertiary/aromatic N) is 1. The molecule has 1 heterocycles. The summed E-state index contributed by atoms with van der Waals surface area (Å²) >= 11 is 0. The molecule has 1 aliphatic heterocycles. The van der Waals surface area contributed by atoms with Crippen molar-refractivity contribution in [3.05, 3.63) is 71.5 Å². The highest BCUT2D eigenvalue weighted by atomic mass is 32.2. The quantitative estimate of drug-likeness (QED) is 0.917. The van der Waals surface area contributed by atoms with Crippen LogP contribution in [-0.2, 0) is 20.6 Å². The molecule has 2 aromatic carbocycles. The van der Waals surface area contributed by atoms with E-state index in [0.717, 1.165) is 4.31 Å². The first-order valence-corrected chi connectivity index (χ1v) is 9.15. The van der Waals surface area contributed by atoms with Crippen molar-refractivity contribution in [1.29, 1.82) is 0 Å². The maximum absolute atomic E-state index is 14.1. The Morgan fingerprint density at radius 2 is 1.75 bits per heavy atom. The van der Waals surface area contributed by atoms with Gasteiger partial charge in [-0.25, -0.2) is 12.8 Å². The van der Waals surface area contributed by atoms with Crippen molar-refractivity contribution in [2.45, 2.75) is 11.8 Å². The first kappa shape index (κ1) is 16.6. The first-order chi connectivity index (χ1) is 11.5. The zero-order chi connectivity index (χ0) is 17.2. The molecule has 0 saturated carbocycles. The van der Waals surface area contributed by atoms with E-state index in [2.05, 4.69) is 5.32 Å². The number of nitrogens with one attached hydrogen (secondary N) is 1. The number of hydrogen-bond donors (Lipinski definition) is 1. The van der Waals surface area contributed by atoms with Crippen LogP contribution in [0.1, 0.15) is 17.2 Å². The fourth-order valence-electron chi connectivity index (χ4n) is 2.81. The third-order valence-electron chi connectivity index (χ3n) is 3.92. The van der Waals surface area contributed by atoms with Crippen LogP contribution in [0.25, 0.3) is 0 Å². The van der Waals surface area contributed by atoms with Crippen molar-refractivity contribution >= 4 is 15.9 Å². The van der Waals surface area contributed by atoms with E-state index in [9.17, 15) is 17.6 Å². The monoisotopic (exact) mass is 348 g/mol. The second kappa shape index (κ2) is 6.70. The van der Waals surface area contributed by atoms with Gasteiger partial charge < -0.3 is 5.32 Å². The summed E-state index contributed by atoms with van der Waals surface area (Å²) in [5.74, 6) is -1.34. The lowest BCUT2D eigenvalue weighted by Crippen LogP contribution is -2.52. The average molecular weight is 348 g/mol. The van der Waals surface area contributed by atoms with Gasteiger partial charge in [0, 0.05) is 18.7 Å². The Bertz CT molecular complexity index is 840. The molecule has 7 heteroatoms. The van der Waals surface area contributed by atoms with E-state index in [1.54, 1.807) is 36.4 Å². The highest BCUT2D eigenvalue weighted by molar-refractivity contribution is 7.88. The lowest BCUT2D eigenvalue weighted by Gasteiger charge is -2.34. The van der Waals surface area contributed by atoms with E-state index >= 15 is 0 Å². The van der Waals surface area contributed by atoms with Gasteiger partial charge in [-0.1, -0.05) is 48.5 Å². The molecule has 1 aliphatic rings. The highest BCUT2D eigenvalue weighted by Gasteiger charge is 2.39. The second-order valence-electron chi connectivity index (χ2n) is 5.57. The van der Waals surface area contributed by atoms with Crippen LogP contribution in [0.3, 0.4) is 0 Å². The minimum absolute atomic E-state index is 0.0614. The fraction of sp³-hybridized carbons (Fsp3) is 0.235. The third kappa shape index (κ3) is 3.32. The van der Waals surface area contributed by atoms with Crippen LogP contribution in [0.15, 0.2) is 54.6 Å². The molecule has 1 amide bonds. The molecule has 126 valence electrons. The van der Waals surface area contributed by atoms with E-state index in [4.69, 9.17) is 0 Å². The summed E-state index contributed by atoms with van der Waals surface area (Å²) in [6.45, 7) is 0.317. The zero-order valence-corrected chi connectivity index (χ0v) is 13.7. The van der Waals surface area contributed by atoms with Crippen molar-refractivity contribution < 1.29 is 17.6 Å². The maximum Gasteiger partial charge on any atom is 0.243 e. The molecular weight excluding hydrogens is 331 g/mol. The number of hydrogen-bond acceptors (Lipinski definition) is 3. The fourth-order valence-corrected chi connectivity index (χ4v) is 4.49. The maximum atomic E-state index is 14.1. The van der Waals surface area contributed by atoms with Crippen LogP contribution in [0.4, 0.5) is 4.39 Å². The molecule has 24 heavy (non-hydrogen) atoms. The zero-order valence-electron chi connectivity index (χ0n) is 12.9. The Kier molecular flexibility index (Phi) is 4.64. The standard InChI is InChI=1S/C17H17FN2O3S/c18-15-9-5-4-8-14(15)16-17(21)19-10-11-20(16)24(22,23)12-13-6-2-1-3-7-13/h1-9,16H,10-12H2,(H,19,21). The van der Waals surface area contributed by atoms with Crippen LogP contribution in [0.2, 0.25) is 0 Å². The Morgan fingerprint density at radius 3 is 2.46 bits per heavy atom. The molecule has 1 saturated heterocycles. The van der Waals surface area contributed by atoms with Crippen molar-refractivity contribution in [3.63, 3.8) is 0 Å². The number of benzene rings is 2. The number of carbonyl (C=O) groups excluding carboxylic acids is 1. The molecule has 1 N–H and O–H groups in total. The van der Waals surface area contributed by atoms with Crippen LogP contribution < -0.4 is 5.32 Å². The predicted molar refractivity (Wildman–Crippen MR) is 87.9 cm³/mol. The van der Waals surface area contributed by atoms with Crippen molar-refractivity contribution in [2.24, 2.45) is 0 Å². The number of rotatable bonds is 4. The van der Waals surface area contributed by atoms with Crippen LogP contribution in [0, 0.1) is 5.82 Å². The Morgan fingerprint density at radius 1 is 1.08 bits per heavy atom. The van der Waals surface area contributed by atoms with Gasteiger partial charge in [-0.2, -0.15) is 4.31 Å². The minimum Gasteiger partial charge on any atom is -0.353 e. The van der Waals surface area contributed by atoms with Crippen molar-refractivity contribution in [3.8, 4) is 0 Å². The van der Waals surface area contributed by atoms with Gasteiger partial charge in [-0.3, -0.25) is 4.79 Å². The summed E-state index contributed by atoms with van der Waals surface area (Å²) in [5, 5.41) is 2.61. The minimum atomic E-state index is -3.78. The molecule has 0 bridgehead atoms. The molecule has 0 spiro atoms. The third-order valence-corrected chi connectivity index (χ3v) is 5.72. The molecule has 3 rings (SSSR count).